The van der Waals surface area contributed by atoms with Gasteiger partial charge in [-0.15, -0.1) is 11.3 Å². The summed E-state index contributed by atoms with van der Waals surface area (Å²) in [4.78, 5) is 19.5. The van der Waals surface area contributed by atoms with Crippen LogP contribution in [-0.2, 0) is 4.79 Å². The molecule has 1 aromatic rings. The highest BCUT2D eigenvalue weighted by Crippen LogP contribution is 2.18. The van der Waals surface area contributed by atoms with Crippen molar-refractivity contribution in [2.24, 2.45) is 0 Å². The number of unbranched alkanes of at least 4 members (excludes halogenated alkanes) is 2. The highest BCUT2D eigenvalue weighted by atomic mass is 32.1. The van der Waals surface area contributed by atoms with Crippen molar-refractivity contribution in [3.05, 3.63) is 11.6 Å². The highest BCUT2D eigenvalue weighted by Gasteiger charge is 2.17. The summed E-state index contributed by atoms with van der Waals surface area (Å²) in [6, 6.07) is 0. The number of anilines is 1. The largest absolute Gasteiger partial charge is 0.481 e. The summed E-state index contributed by atoms with van der Waals surface area (Å²) in [6.45, 7) is 5.34. The second kappa shape index (κ2) is 7.45. The molecule has 0 unspecified atom stereocenters. The lowest BCUT2D eigenvalue weighted by Gasteiger charge is -2.34. The molecule has 1 saturated heterocycles. The summed E-state index contributed by atoms with van der Waals surface area (Å²) in [5.74, 6) is -0.683. The first-order valence-electron chi connectivity index (χ1n) is 6.84. The third-order valence-electron chi connectivity index (χ3n) is 3.43. The van der Waals surface area contributed by atoms with E-state index in [9.17, 15) is 4.79 Å². The molecular weight excluding hydrogens is 262 g/mol. The van der Waals surface area contributed by atoms with Gasteiger partial charge in [-0.25, -0.2) is 4.98 Å². The number of piperazine rings is 1. The van der Waals surface area contributed by atoms with Crippen LogP contribution in [0, 0.1) is 0 Å². The van der Waals surface area contributed by atoms with Gasteiger partial charge in [0.1, 0.15) is 0 Å². The summed E-state index contributed by atoms with van der Waals surface area (Å²) >= 11 is 1.70. The first kappa shape index (κ1) is 14.3. The van der Waals surface area contributed by atoms with E-state index in [0.29, 0.717) is 6.42 Å². The molecule has 2 rings (SSSR count). The van der Waals surface area contributed by atoms with Crippen LogP contribution in [0.5, 0.6) is 0 Å². The van der Waals surface area contributed by atoms with Gasteiger partial charge in [-0.05, 0) is 19.4 Å². The SMILES string of the molecule is O=C(O)CCCCCN1CCN(c2nccs2)CC1. The topological polar surface area (TPSA) is 56.7 Å². The fourth-order valence-corrected chi connectivity index (χ4v) is 3.02. The van der Waals surface area contributed by atoms with Gasteiger partial charge in [0.15, 0.2) is 5.13 Å². The number of hydrogen-bond donors (Lipinski definition) is 1. The fourth-order valence-electron chi connectivity index (χ4n) is 2.32. The Labute approximate surface area is 117 Å². The number of carbonyl (C=O) groups is 1. The first-order chi connectivity index (χ1) is 9.25. The monoisotopic (exact) mass is 283 g/mol. The average molecular weight is 283 g/mol. The number of rotatable bonds is 7. The molecule has 0 spiro atoms. The number of hydrogen-bond acceptors (Lipinski definition) is 5. The second-order valence-corrected chi connectivity index (χ2v) is 5.72. The van der Waals surface area contributed by atoms with E-state index in [1.807, 2.05) is 11.6 Å². The molecular formula is C13H21N3O2S. The number of nitrogens with zero attached hydrogens (tertiary/aromatic N) is 3. The minimum absolute atomic E-state index is 0.303. The predicted octanol–water partition coefficient (Wildman–Crippen LogP) is 1.91. The smallest absolute Gasteiger partial charge is 0.303 e. The maximum Gasteiger partial charge on any atom is 0.303 e. The van der Waals surface area contributed by atoms with Crippen LogP contribution in [0.1, 0.15) is 25.7 Å². The van der Waals surface area contributed by atoms with E-state index in [1.165, 1.54) is 0 Å². The van der Waals surface area contributed by atoms with Crippen molar-refractivity contribution >= 4 is 22.4 Å². The Morgan fingerprint density at radius 3 is 2.68 bits per heavy atom. The summed E-state index contributed by atoms with van der Waals surface area (Å²) < 4.78 is 0. The van der Waals surface area contributed by atoms with Crippen molar-refractivity contribution in [1.82, 2.24) is 9.88 Å². The lowest BCUT2D eigenvalue weighted by molar-refractivity contribution is -0.137. The van der Waals surface area contributed by atoms with Crippen molar-refractivity contribution in [3.8, 4) is 0 Å². The van der Waals surface area contributed by atoms with Crippen LogP contribution >= 0.6 is 11.3 Å². The molecule has 0 atom stereocenters. The van der Waals surface area contributed by atoms with Gasteiger partial charge >= 0.3 is 5.97 Å². The minimum Gasteiger partial charge on any atom is -0.481 e. The molecule has 0 aromatic carbocycles. The zero-order chi connectivity index (χ0) is 13.5. The summed E-state index contributed by atoms with van der Waals surface area (Å²) in [7, 11) is 0. The molecule has 1 aromatic heterocycles. The third kappa shape index (κ3) is 4.80. The van der Waals surface area contributed by atoms with Crippen LogP contribution in [-0.4, -0.2) is 53.7 Å². The number of aromatic nitrogens is 1. The maximum atomic E-state index is 10.4. The molecule has 0 amide bonds. The molecule has 0 saturated carbocycles. The molecule has 5 nitrogen and oxygen atoms in total. The second-order valence-electron chi connectivity index (χ2n) is 4.85. The number of carboxylic acid groups (broad SMARTS) is 1. The lowest BCUT2D eigenvalue weighted by atomic mass is 10.2. The van der Waals surface area contributed by atoms with Gasteiger partial charge in [0.05, 0.1) is 0 Å². The number of thiazole rings is 1. The summed E-state index contributed by atoms with van der Waals surface area (Å²) in [6.07, 6.45) is 5.07. The molecule has 1 aliphatic heterocycles. The molecule has 1 aliphatic rings. The summed E-state index contributed by atoms with van der Waals surface area (Å²) in [5.41, 5.74) is 0. The Morgan fingerprint density at radius 2 is 2.05 bits per heavy atom. The minimum atomic E-state index is -0.683. The number of carboxylic acids is 1. The molecule has 2 heterocycles. The fraction of sp³-hybridized carbons (Fsp3) is 0.692. The predicted molar refractivity (Wildman–Crippen MR) is 76.9 cm³/mol. The highest BCUT2D eigenvalue weighted by molar-refractivity contribution is 7.13. The first-order valence-corrected chi connectivity index (χ1v) is 7.72. The zero-order valence-electron chi connectivity index (χ0n) is 11.1. The molecule has 1 N–H and O–H groups in total. The Morgan fingerprint density at radius 1 is 1.26 bits per heavy atom. The Hall–Kier alpha value is -1.14. The molecule has 0 aliphatic carbocycles. The van der Waals surface area contributed by atoms with Gasteiger partial charge in [0, 0.05) is 44.2 Å². The van der Waals surface area contributed by atoms with E-state index < -0.39 is 5.97 Å². The van der Waals surface area contributed by atoms with Gasteiger partial charge in [0.2, 0.25) is 0 Å². The van der Waals surface area contributed by atoms with Crippen LogP contribution in [0.4, 0.5) is 5.13 Å². The Kier molecular flexibility index (Phi) is 5.60. The molecule has 0 radical (unpaired) electrons. The molecule has 1 fully saturated rings. The number of aliphatic carboxylic acids is 1. The third-order valence-corrected chi connectivity index (χ3v) is 4.26. The van der Waals surface area contributed by atoms with Crippen LogP contribution in [0.2, 0.25) is 0 Å². The van der Waals surface area contributed by atoms with Crippen LogP contribution < -0.4 is 4.90 Å². The van der Waals surface area contributed by atoms with Gasteiger partial charge in [-0.1, -0.05) is 6.42 Å². The van der Waals surface area contributed by atoms with E-state index in [4.69, 9.17) is 5.11 Å². The van der Waals surface area contributed by atoms with Gasteiger partial charge < -0.3 is 10.0 Å². The molecule has 106 valence electrons. The van der Waals surface area contributed by atoms with Crippen molar-refractivity contribution in [2.75, 3.05) is 37.6 Å². The molecule has 19 heavy (non-hydrogen) atoms. The Balaban J connectivity index is 1.57. The van der Waals surface area contributed by atoms with Gasteiger partial charge in [-0.2, -0.15) is 0 Å². The Bertz CT molecular complexity index is 375. The van der Waals surface area contributed by atoms with Gasteiger partial charge in [0.25, 0.3) is 0 Å². The van der Waals surface area contributed by atoms with Crippen LogP contribution in [0.3, 0.4) is 0 Å². The van der Waals surface area contributed by atoms with Crippen molar-refractivity contribution in [3.63, 3.8) is 0 Å². The van der Waals surface area contributed by atoms with E-state index in [0.717, 1.165) is 57.1 Å². The van der Waals surface area contributed by atoms with Gasteiger partial charge in [-0.3, -0.25) is 9.69 Å². The quantitative estimate of drug-likeness (QED) is 0.775. The van der Waals surface area contributed by atoms with E-state index in [1.54, 1.807) is 11.3 Å². The van der Waals surface area contributed by atoms with Crippen molar-refractivity contribution < 1.29 is 9.90 Å². The average Bonchev–Trinajstić information content (AvgIpc) is 2.93. The standard InChI is InChI=1S/C13H21N3O2S/c17-12(18)4-2-1-3-6-15-7-9-16(10-8-15)13-14-5-11-19-13/h5,11H,1-4,6-10H2,(H,17,18). The summed E-state index contributed by atoms with van der Waals surface area (Å²) in [5, 5.41) is 11.7. The van der Waals surface area contributed by atoms with Crippen LogP contribution in [0.15, 0.2) is 11.6 Å². The maximum absolute atomic E-state index is 10.4. The molecule has 0 bridgehead atoms. The normalized spacial score (nSPS) is 16.7. The molecule has 6 heteroatoms. The van der Waals surface area contributed by atoms with Crippen LogP contribution in [0.25, 0.3) is 0 Å². The lowest BCUT2D eigenvalue weighted by Crippen LogP contribution is -2.46. The zero-order valence-corrected chi connectivity index (χ0v) is 11.9. The van der Waals surface area contributed by atoms with E-state index in [-0.39, 0.29) is 0 Å². The van der Waals surface area contributed by atoms with E-state index in [2.05, 4.69) is 14.8 Å². The van der Waals surface area contributed by atoms with E-state index >= 15 is 0 Å². The van der Waals surface area contributed by atoms with Crippen molar-refractivity contribution in [1.29, 1.82) is 0 Å². The van der Waals surface area contributed by atoms with Crippen molar-refractivity contribution in [2.45, 2.75) is 25.7 Å².